The Labute approximate surface area is 103 Å². The smallest absolute Gasteiger partial charge is 0.150 e. The van der Waals surface area contributed by atoms with Crippen LogP contribution in [0.5, 0.6) is 0 Å². The molecule has 0 spiro atoms. The van der Waals surface area contributed by atoms with Crippen LogP contribution in [0.4, 0.5) is 0 Å². The van der Waals surface area contributed by atoms with Gasteiger partial charge in [-0.1, -0.05) is 13.3 Å². The van der Waals surface area contributed by atoms with Gasteiger partial charge in [0.1, 0.15) is 9.84 Å². The molecule has 0 aliphatic heterocycles. The number of rotatable bonds is 5. The molecule has 1 rings (SSSR count). The van der Waals surface area contributed by atoms with E-state index in [-0.39, 0.29) is 17.3 Å². The molecular weight excluding hydrogens is 244 g/mol. The van der Waals surface area contributed by atoms with Crippen LogP contribution in [0.1, 0.15) is 32.6 Å². The van der Waals surface area contributed by atoms with Gasteiger partial charge in [0.25, 0.3) is 0 Å². The van der Waals surface area contributed by atoms with E-state index in [0.717, 1.165) is 30.8 Å². The molecule has 96 valence electrons. The first-order chi connectivity index (χ1) is 7.45. The molecule has 0 radical (unpaired) electrons. The standard InChI is InChI=1S/C11H22O3S2/c1-3-15-8-11(12)9-5-4-6-10(7-9)16(2,13)14/h9-12H,3-8H2,1-2H3. The maximum atomic E-state index is 11.5. The highest BCUT2D eigenvalue weighted by Crippen LogP contribution is 2.31. The molecule has 5 heteroatoms. The number of hydrogen-bond donors (Lipinski definition) is 1. The van der Waals surface area contributed by atoms with E-state index in [1.165, 1.54) is 6.26 Å². The highest BCUT2D eigenvalue weighted by atomic mass is 32.2. The van der Waals surface area contributed by atoms with Gasteiger partial charge in [0.2, 0.25) is 0 Å². The molecule has 1 N–H and O–H groups in total. The Kier molecular flexibility index (Phi) is 5.61. The minimum Gasteiger partial charge on any atom is -0.392 e. The summed E-state index contributed by atoms with van der Waals surface area (Å²) in [5, 5.41) is 9.74. The van der Waals surface area contributed by atoms with Gasteiger partial charge in [-0.25, -0.2) is 8.42 Å². The number of aliphatic hydroxyl groups excluding tert-OH is 1. The second kappa shape index (κ2) is 6.26. The lowest BCUT2D eigenvalue weighted by Gasteiger charge is -2.31. The summed E-state index contributed by atoms with van der Waals surface area (Å²) in [4.78, 5) is 0. The zero-order valence-electron chi connectivity index (χ0n) is 10.1. The lowest BCUT2D eigenvalue weighted by molar-refractivity contribution is 0.106. The average Bonchev–Trinajstić information content (AvgIpc) is 2.25. The van der Waals surface area contributed by atoms with Crippen LogP contribution in [-0.4, -0.2) is 42.6 Å². The molecule has 0 aromatic heterocycles. The topological polar surface area (TPSA) is 54.4 Å². The summed E-state index contributed by atoms with van der Waals surface area (Å²) in [6, 6.07) is 0. The third-order valence-corrected chi connectivity index (χ3v) is 5.93. The molecule has 0 saturated heterocycles. The Morgan fingerprint density at radius 1 is 1.44 bits per heavy atom. The summed E-state index contributed by atoms with van der Waals surface area (Å²) in [5.74, 6) is 1.91. The van der Waals surface area contributed by atoms with Crippen molar-refractivity contribution in [2.75, 3.05) is 17.8 Å². The van der Waals surface area contributed by atoms with Gasteiger partial charge >= 0.3 is 0 Å². The van der Waals surface area contributed by atoms with Gasteiger partial charge in [-0.2, -0.15) is 11.8 Å². The molecular formula is C11H22O3S2. The predicted octanol–water partition coefficient (Wildman–Crippen LogP) is 1.70. The summed E-state index contributed by atoms with van der Waals surface area (Å²) in [7, 11) is -2.93. The number of thioether (sulfide) groups is 1. The van der Waals surface area contributed by atoms with Crippen molar-refractivity contribution in [1.29, 1.82) is 0 Å². The van der Waals surface area contributed by atoms with Crippen LogP contribution in [0.25, 0.3) is 0 Å². The molecule has 1 fully saturated rings. The minimum atomic E-state index is -2.93. The van der Waals surface area contributed by atoms with E-state index in [1.807, 2.05) is 0 Å². The van der Waals surface area contributed by atoms with E-state index < -0.39 is 9.84 Å². The van der Waals surface area contributed by atoms with Crippen LogP contribution in [0, 0.1) is 5.92 Å². The third kappa shape index (κ3) is 4.26. The van der Waals surface area contributed by atoms with Crippen molar-refractivity contribution in [2.45, 2.75) is 44.0 Å². The molecule has 1 aliphatic carbocycles. The highest BCUT2D eigenvalue weighted by Gasteiger charge is 2.32. The monoisotopic (exact) mass is 266 g/mol. The minimum absolute atomic E-state index is 0.174. The van der Waals surface area contributed by atoms with Crippen molar-refractivity contribution in [3.8, 4) is 0 Å². The molecule has 1 saturated carbocycles. The van der Waals surface area contributed by atoms with Crippen molar-refractivity contribution >= 4 is 21.6 Å². The highest BCUT2D eigenvalue weighted by molar-refractivity contribution is 7.99. The Morgan fingerprint density at radius 2 is 2.12 bits per heavy atom. The third-order valence-electron chi connectivity index (χ3n) is 3.31. The molecule has 0 aromatic carbocycles. The van der Waals surface area contributed by atoms with E-state index in [1.54, 1.807) is 11.8 Å². The van der Waals surface area contributed by atoms with Crippen LogP contribution in [-0.2, 0) is 9.84 Å². The van der Waals surface area contributed by atoms with Gasteiger partial charge in [0.15, 0.2) is 0 Å². The number of aliphatic hydroxyl groups is 1. The predicted molar refractivity (Wildman–Crippen MR) is 69.6 cm³/mol. The van der Waals surface area contributed by atoms with Gasteiger partial charge in [-0.3, -0.25) is 0 Å². The first-order valence-corrected chi connectivity index (χ1v) is 9.00. The van der Waals surface area contributed by atoms with Crippen molar-refractivity contribution in [3.63, 3.8) is 0 Å². The molecule has 0 amide bonds. The fourth-order valence-corrected chi connectivity index (χ4v) is 4.24. The Hall–Kier alpha value is 0.260. The fourth-order valence-electron chi connectivity index (χ4n) is 2.29. The van der Waals surface area contributed by atoms with Crippen LogP contribution < -0.4 is 0 Å². The van der Waals surface area contributed by atoms with Gasteiger partial charge in [0.05, 0.1) is 11.4 Å². The Balaban J connectivity index is 2.50. The lowest BCUT2D eigenvalue weighted by Crippen LogP contribution is -2.34. The molecule has 0 bridgehead atoms. The largest absolute Gasteiger partial charge is 0.392 e. The molecule has 0 heterocycles. The van der Waals surface area contributed by atoms with E-state index >= 15 is 0 Å². The summed E-state index contributed by atoms with van der Waals surface area (Å²) in [6.45, 7) is 2.07. The molecule has 0 aromatic rings. The Morgan fingerprint density at radius 3 is 2.69 bits per heavy atom. The van der Waals surface area contributed by atoms with Gasteiger partial charge < -0.3 is 5.11 Å². The van der Waals surface area contributed by atoms with E-state index in [9.17, 15) is 13.5 Å². The molecule has 3 nitrogen and oxygen atoms in total. The van der Waals surface area contributed by atoms with Crippen molar-refractivity contribution < 1.29 is 13.5 Å². The maximum absolute atomic E-state index is 11.5. The first-order valence-electron chi connectivity index (χ1n) is 5.89. The summed E-state index contributed by atoms with van der Waals surface area (Å²) >= 11 is 1.72. The zero-order chi connectivity index (χ0) is 12.2. The van der Waals surface area contributed by atoms with Crippen LogP contribution in [0.15, 0.2) is 0 Å². The maximum Gasteiger partial charge on any atom is 0.150 e. The van der Waals surface area contributed by atoms with Gasteiger partial charge in [-0.15, -0.1) is 0 Å². The fraction of sp³-hybridized carbons (Fsp3) is 1.00. The molecule has 3 unspecified atom stereocenters. The Bertz CT molecular complexity index is 300. The van der Waals surface area contributed by atoms with Crippen LogP contribution in [0.3, 0.4) is 0 Å². The molecule has 16 heavy (non-hydrogen) atoms. The van der Waals surface area contributed by atoms with Gasteiger partial charge in [-0.05, 0) is 30.9 Å². The van der Waals surface area contributed by atoms with E-state index in [2.05, 4.69) is 6.92 Å². The summed E-state index contributed by atoms with van der Waals surface area (Å²) in [6.07, 6.45) is 4.28. The van der Waals surface area contributed by atoms with Gasteiger partial charge in [0, 0.05) is 12.0 Å². The van der Waals surface area contributed by atoms with Crippen LogP contribution >= 0.6 is 11.8 Å². The average molecular weight is 266 g/mol. The van der Waals surface area contributed by atoms with Crippen molar-refractivity contribution in [1.82, 2.24) is 0 Å². The zero-order valence-corrected chi connectivity index (χ0v) is 11.7. The second-order valence-electron chi connectivity index (χ2n) is 4.61. The summed E-state index contributed by atoms with van der Waals surface area (Å²) < 4.78 is 23.0. The quantitative estimate of drug-likeness (QED) is 0.823. The van der Waals surface area contributed by atoms with Crippen molar-refractivity contribution in [2.24, 2.45) is 5.92 Å². The van der Waals surface area contributed by atoms with Crippen molar-refractivity contribution in [3.05, 3.63) is 0 Å². The number of hydrogen-bond acceptors (Lipinski definition) is 4. The molecule has 3 atom stereocenters. The van der Waals surface area contributed by atoms with E-state index in [0.29, 0.717) is 6.42 Å². The first kappa shape index (κ1) is 14.3. The SMILES string of the molecule is CCSCC(O)C1CCCC(S(C)(=O)=O)C1. The van der Waals surface area contributed by atoms with Crippen LogP contribution in [0.2, 0.25) is 0 Å². The molecule has 1 aliphatic rings. The lowest BCUT2D eigenvalue weighted by atomic mass is 9.85. The van der Waals surface area contributed by atoms with E-state index in [4.69, 9.17) is 0 Å². The second-order valence-corrected chi connectivity index (χ2v) is 8.25. The summed E-state index contributed by atoms with van der Waals surface area (Å²) in [5.41, 5.74) is 0. The normalized spacial score (nSPS) is 28.9. The number of sulfone groups is 1.